The molecule has 0 saturated heterocycles. The molecule has 0 bridgehead atoms. The SMILES string of the molecule is CCOC(=O)c1c(NC(=O)CCCC(=O)[O-])sc(C)c1-c1ccc(C(C)(C)C)cc1. The minimum atomic E-state index is -1.19. The van der Waals surface area contributed by atoms with Crippen molar-refractivity contribution in [1.29, 1.82) is 0 Å². The van der Waals surface area contributed by atoms with Gasteiger partial charge < -0.3 is 20.0 Å². The Kier molecular flexibility index (Phi) is 7.78. The number of ether oxygens (including phenoxy) is 1. The lowest BCUT2D eigenvalue weighted by Gasteiger charge is -2.19. The number of carboxylic acid groups (broad SMARTS) is 1. The van der Waals surface area contributed by atoms with E-state index in [9.17, 15) is 19.5 Å². The van der Waals surface area contributed by atoms with Crippen LogP contribution in [0, 0.1) is 6.92 Å². The predicted octanol–water partition coefficient (Wildman–Crippen LogP) is 4.06. The molecule has 2 aromatic rings. The zero-order chi connectivity index (χ0) is 22.5. The second kappa shape index (κ2) is 9.89. The molecule has 0 saturated carbocycles. The maximum atomic E-state index is 12.7. The minimum absolute atomic E-state index is 0.0107. The lowest BCUT2D eigenvalue weighted by molar-refractivity contribution is -0.305. The van der Waals surface area contributed by atoms with E-state index in [1.165, 1.54) is 16.9 Å². The van der Waals surface area contributed by atoms with Crippen molar-refractivity contribution in [2.45, 2.75) is 59.3 Å². The van der Waals surface area contributed by atoms with Gasteiger partial charge in [0.25, 0.3) is 0 Å². The number of nitrogens with one attached hydrogen (secondary N) is 1. The predicted molar refractivity (Wildman–Crippen MR) is 117 cm³/mol. The Morgan fingerprint density at radius 2 is 1.73 bits per heavy atom. The number of carboxylic acids is 1. The minimum Gasteiger partial charge on any atom is -0.550 e. The van der Waals surface area contributed by atoms with E-state index >= 15 is 0 Å². The van der Waals surface area contributed by atoms with E-state index in [1.807, 2.05) is 31.2 Å². The number of carbonyl (C=O) groups is 3. The highest BCUT2D eigenvalue weighted by Gasteiger charge is 2.25. The molecule has 1 N–H and O–H groups in total. The quantitative estimate of drug-likeness (QED) is 0.637. The van der Waals surface area contributed by atoms with Crippen LogP contribution < -0.4 is 10.4 Å². The fourth-order valence-electron chi connectivity index (χ4n) is 3.10. The maximum absolute atomic E-state index is 12.7. The number of rotatable bonds is 8. The van der Waals surface area contributed by atoms with Gasteiger partial charge in [-0.05, 0) is 43.2 Å². The zero-order valence-electron chi connectivity index (χ0n) is 18.1. The molecule has 2 rings (SSSR count). The highest BCUT2D eigenvalue weighted by atomic mass is 32.1. The van der Waals surface area contributed by atoms with Crippen LogP contribution in [0.25, 0.3) is 11.1 Å². The molecule has 0 radical (unpaired) electrons. The van der Waals surface area contributed by atoms with Gasteiger partial charge in [0.05, 0.1) is 6.61 Å². The molecular formula is C23H28NO5S-. The number of anilines is 1. The molecule has 0 fully saturated rings. The van der Waals surface area contributed by atoms with Crippen LogP contribution in [0.3, 0.4) is 0 Å². The summed E-state index contributed by atoms with van der Waals surface area (Å²) in [5.41, 5.74) is 3.13. The number of thiophene rings is 1. The van der Waals surface area contributed by atoms with Gasteiger partial charge in [-0.3, -0.25) is 4.79 Å². The number of amides is 1. The molecule has 0 aliphatic rings. The van der Waals surface area contributed by atoms with Crippen molar-refractivity contribution in [1.82, 2.24) is 0 Å². The monoisotopic (exact) mass is 430 g/mol. The van der Waals surface area contributed by atoms with E-state index in [4.69, 9.17) is 4.74 Å². The summed E-state index contributed by atoms with van der Waals surface area (Å²) in [6, 6.07) is 8.03. The van der Waals surface area contributed by atoms with Crippen LogP contribution in [0.2, 0.25) is 0 Å². The van der Waals surface area contributed by atoms with Gasteiger partial charge >= 0.3 is 5.97 Å². The molecular weight excluding hydrogens is 402 g/mol. The van der Waals surface area contributed by atoms with Crippen molar-refractivity contribution in [2.75, 3.05) is 11.9 Å². The molecule has 0 spiro atoms. The third kappa shape index (κ3) is 5.92. The van der Waals surface area contributed by atoms with Crippen LogP contribution >= 0.6 is 11.3 Å². The summed E-state index contributed by atoms with van der Waals surface area (Å²) in [6.45, 7) is 10.2. The van der Waals surface area contributed by atoms with Crippen LogP contribution in [0.1, 0.15) is 67.8 Å². The molecule has 7 heteroatoms. The van der Waals surface area contributed by atoms with Gasteiger partial charge in [0.1, 0.15) is 10.6 Å². The van der Waals surface area contributed by atoms with E-state index in [0.29, 0.717) is 10.6 Å². The van der Waals surface area contributed by atoms with Crippen molar-refractivity contribution >= 4 is 34.2 Å². The Bertz CT molecular complexity index is 922. The molecule has 0 unspecified atom stereocenters. The first-order chi connectivity index (χ1) is 14.0. The molecule has 0 aliphatic carbocycles. The van der Waals surface area contributed by atoms with Gasteiger partial charge in [0.15, 0.2) is 0 Å². The highest BCUT2D eigenvalue weighted by molar-refractivity contribution is 7.17. The molecule has 1 aromatic carbocycles. The van der Waals surface area contributed by atoms with Gasteiger partial charge in [-0.2, -0.15) is 0 Å². The molecule has 1 amide bonds. The van der Waals surface area contributed by atoms with Gasteiger partial charge in [-0.15, -0.1) is 11.3 Å². The number of carbonyl (C=O) groups excluding carboxylic acids is 3. The maximum Gasteiger partial charge on any atom is 0.341 e. The van der Waals surface area contributed by atoms with E-state index in [-0.39, 0.29) is 37.2 Å². The van der Waals surface area contributed by atoms with Crippen molar-refractivity contribution in [3.8, 4) is 11.1 Å². The molecule has 162 valence electrons. The second-order valence-electron chi connectivity index (χ2n) is 8.06. The Hall–Kier alpha value is -2.67. The average Bonchev–Trinajstić information content (AvgIpc) is 2.96. The van der Waals surface area contributed by atoms with Crippen LogP contribution in [-0.4, -0.2) is 24.5 Å². The molecule has 1 aromatic heterocycles. The first kappa shape index (κ1) is 23.6. The Morgan fingerprint density at radius 3 is 2.27 bits per heavy atom. The highest BCUT2D eigenvalue weighted by Crippen LogP contribution is 2.41. The Labute approximate surface area is 181 Å². The average molecular weight is 431 g/mol. The second-order valence-corrected chi connectivity index (χ2v) is 9.28. The Balaban J connectivity index is 2.39. The van der Waals surface area contributed by atoms with Gasteiger partial charge in [0, 0.05) is 22.8 Å². The van der Waals surface area contributed by atoms with E-state index in [0.717, 1.165) is 16.0 Å². The fraction of sp³-hybridized carbons (Fsp3) is 0.435. The van der Waals surface area contributed by atoms with Gasteiger partial charge in [-0.1, -0.05) is 45.0 Å². The van der Waals surface area contributed by atoms with Crippen LogP contribution in [0.5, 0.6) is 0 Å². The summed E-state index contributed by atoms with van der Waals surface area (Å²) in [4.78, 5) is 36.4. The van der Waals surface area contributed by atoms with Crippen molar-refractivity contribution in [3.63, 3.8) is 0 Å². The first-order valence-electron chi connectivity index (χ1n) is 9.95. The molecule has 0 atom stereocenters. The zero-order valence-corrected chi connectivity index (χ0v) is 18.9. The van der Waals surface area contributed by atoms with Crippen molar-refractivity contribution < 1.29 is 24.2 Å². The molecule has 30 heavy (non-hydrogen) atoms. The number of benzene rings is 1. The molecule has 0 aliphatic heterocycles. The summed E-state index contributed by atoms with van der Waals surface area (Å²) >= 11 is 1.31. The Morgan fingerprint density at radius 1 is 1.10 bits per heavy atom. The number of esters is 1. The summed E-state index contributed by atoms with van der Waals surface area (Å²) in [7, 11) is 0. The van der Waals surface area contributed by atoms with E-state index in [2.05, 4.69) is 26.1 Å². The van der Waals surface area contributed by atoms with Gasteiger partial charge in [-0.25, -0.2) is 4.79 Å². The van der Waals surface area contributed by atoms with E-state index < -0.39 is 11.9 Å². The number of aliphatic carboxylic acids is 1. The van der Waals surface area contributed by atoms with Crippen molar-refractivity contribution in [3.05, 3.63) is 40.3 Å². The number of hydrogen-bond acceptors (Lipinski definition) is 6. The standard InChI is InChI=1S/C23H29NO5S/c1-6-29-22(28)20-19(15-10-12-16(13-11-15)23(3,4)5)14(2)30-21(20)24-17(25)8-7-9-18(26)27/h10-13H,6-9H2,1-5H3,(H,24,25)(H,26,27)/p-1. The summed E-state index contributed by atoms with van der Waals surface area (Å²) in [5, 5.41) is 13.7. The largest absolute Gasteiger partial charge is 0.550 e. The molecule has 1 heterocycles. The number of hydrogen-bond donors (Lipinski definition) is 1. The van der Waals surface area contributed by atoms with E-state index in [1.54, 1.807) is 6.92 Å². The third-order valence-electron chi connectivity index (χ3n) is 4.64. The van der Waals surface area contributed by atoms with Crippen molar-refractivity contribution in [2.24, 2.45) is 0 Å². The van der Waals surface area contributed by atoms with Crippen LogP contribution in [-0.2, 0) is 19.7 Å². The van der Waals surface area contributed by atoms with Crippen LogP contribution in [0.15, 0.2) is 24.3 Å². The van der Waals surface area contributed by atoms with Gasteiger partial charge in [0.2, 0.25) is 5.91 Å². The summed E-state index contributed by atoms with van der Waals surface area (Å²) in [6.07, 6.45) is 0.0180. The molecule has 6 nitrogen and oxygen atoms in total. The first-order valence-corrected chi connectivity index (χ1v) is 10.8. The smallest absolute Gasteiger partial charge is 0.341 e. The normalized spacial score (nSPS) is 11.2. The number of aryl methyl sites for hydroxylation is 1. The van der Waals surface area contributed by atoms with Crippen LogP contribution in [0.4, 0.5) is 5.00 Å². The topological polar surface area (TPSA) is 95.5 Å². The summed E-state index contributed by atoms with van der Waals surface area (Å²) in [5.74, 6) is -2.04. The summed E-state index contributed by atoms with van der Waals surface area (Å²) < 4.78 is 5.25. The fourth-order valence-corrected chi connectivity index (χ4v) is 4.18. The lowest BCUT2D eigenvalue weighted by atomic mass is 9.86. The lowest BCUT2D eigenvalue weighted by Crippen LogP contribution is -2.22. The third-order valence-corrected chi connectivity index (χ3v) is 5.66.